The first kappa shape index (κ1) is 15.0. The molecule has 1 amide bonds. The van der Waals surface area contributed by atoms with Crippen molar-refractivity contribution in [2.45, 2.75) is 27.2 Å². The van der Waals surface area contributed by atoms with Crippen molar-refractivity contribution in [3.8, 4) is 0 Å². The van der Waals surface area contributed by atoms with Crippen LogP contribution in [0.25, 0.3) is 0 Å². The molecule has 0 spiro atoms. The SMILES string of the molecule is Cc1cc(Cl)ccc1NC(=O)CNCCC(C)C. The minimum Gasteiger partial charge on any atom is -0.325 e. The van der Waals surface area contributed by atoms with E-state index in [0.29, 0.717) is 17.5 Å². The Labute approximate surface area is 114 Å². The van der Waals surface area contributed by atoms with E-state index in [9.17, 15) is 4.79 Å². The van der Waals surface area contributed by atoms with Crippen LogP contribution in [-0.2, 0) is 4.79 Å². The van der Waals surface area contributed by atoms with Crippen LogP contribution in [0.3, 0.4) is 0 Å². The lowest BCUT2D eigenvalue weighted by atomic mass is 10.1. The predicted octanol–water partition coefficient (Wildman–Crippen LogP) is 3.22. The molecule has 0 saturated carbocycles. The van der Waals surface area contributed by atoms with Crippen molar-refractivity contribution in [3.63, 3.8) is 0 Å². The quantitative estimate of drug-likeness (QED) is 0.778. The van der Waals surface area contributed by atoms with E-state index >= 15 is 0 Å². The minimum atomic E-state index is -0.0239. The number of carbonyl (C=O) groups excluding carboxylic acids is 1. The van der Waals surface area contributed by atoms with Crippen LogP contribution in [0.4, 0.5) is 5.69 Å². The summed E-state index contributed by atoms with van der Waals surface area (Å²) in [6.07, 6.45) is 1.08. The summed E-state index contributed by atoms with van der Waals surface area (Å²) in [5.74, 6) is 0.628. The Kier molecular flexibility index (Phi) is 6.16. The largest absolute Gasteiger partial charge is 0.325 e. The molecule has 0 aliphatic heterocycles. The summed E-state index contributed by atoms with van der Waals surface area (Å²) < 4.78 is 0. The maximum Gasteiger partial charge on any atom is 0.238 e. The smallest absolute Gasteiger partial charge is 0.238 e. The number of amides is 1. The minimum absolute atomic E-state index is 0.0239. The molecule has 4 heteroatoms. The van der Waals surface area contributed by atoms with Crippen molar-refractivity contribution in [1.82, 2.24) is 5.32 Å². The van der Waals surface area contributed by atoms with Crippen LogP contribution in [0.1, 0.15) is 25.8 Å². The fourth-order valence-electron chi connectivity index (χ4n) is 1.55. The van der Waals surface area contributed by atoms with Gasteiger partial charge in [0.05, 0.1) is 6.54 Å². The van der Waals surface area contributed by atoms with E-state index in [-0.39, 0.29) is 5.91 Å². The third-order valence-corrected chi connectivity index (χ3v) is 2.88. The number of nitrogens with one attached hydrogen (secondary N) is 2. The molecule has 1 aromatic rings. The van der Waals surface area contributed by atoms with Crippen LogP contribution in [0, 0.1) is 12.8 Å². The molecule has 100 valence electrons. The van der Waals surface area contributed by atoms with Gasteiger partial charge >= 0.3 is 0 Å². The maximum absolute atomic E-state index is 11.7. The van der Waals surface area contributed by atoms with Gasteiger partial charge in [-0.1, -0.05) is 25.4 Å². The number of carbonyl (C=O) groups is 1. The van der Waals surface area contributed by atoms with Crippen molar-refractivity contribution >= 4 is 23.2 Å². The summed E-state index contributed by atoms with van der Waals surface area (Å²) in [6.45, 7) is 7.46. The molecule has 0 unspecified atom stereocenters. The van der Waals surface area contributed by atoms with E-state index in [1.807, 2.05) is 19.1 Å². The zero-order chi connectivity index (χ0) is 13.5. The average Bonchev–Trinajstić information content (AvgIpc) is 2.28. The molecule has 3 nitrogen and oxygen atoms in total. The van der Waals surface area contributed by atoms with Crippen molar-refractivity contribution in [2.75, 3.05) is 18.4 Å². The number of halogens is 1. The Bertz CT molecular complexity index is 405. The zero-order valence-electron chi connectivity index (χ0n) is 11.2. The lowest BCUT2D eigenvalue weighted by Crippen LogP contribution is -2.29. The molecule has 0 aromatic heterocycles. The van der Waals surface area contributed by atoms with E-state index in [0.717, 1.165) is 24.2 Å². The summed E-state index contributed by atoms with van der Waals surface area (Å²) >= 11 is 5.86. The summed E-state index contributed by atoms with van der Waals surface area (Å²) in [5.41, 5.74) is 1.79. The Morgan fingerprint density at radius 1 is 1.39 bits per heavy atom. The molecule has 0 atom stereocenters. The number of benzene rings is 1. The summed E-state index contributed by atoms with van der Waals surface area (Å²) in [5, 5.41) is 6.68. The number of aryl methyl sites for hydroxylation is 1. The lowest BCUT2D eigenvalue weighted by Gasteiger charge is -2.10. The normalized spacial score (nSPS) is 10.7. The zero-order valence-corrected chi connectivity index (χ0v) is 12.0. The van der Waals surface area contributed by atoms with Crippen LogP contribution >= 0.6 is 11.6 Å². The molecule has 1 rings (SSSR count). The highest BCUT2D eigenvalue weighted by Gasteiger charge is 2.04. The number of hydrogen-bond acceptors (Lipinski definition) is 2. The van der Waals surface area contributed by atoms with E-state index < -0.39 is 0 Å². The molecule has 0 heterocycles. The standard InChI is InChI=1S/C14H21ClN2O/c1-10(2)6-7-16-9-14(18)17-13-5-4-12(15)8-11(13)3/h4-5,8,10,16H,6-7,9H2,1-3H3,(H,17,18). The highest BCUT2D eigenvalue weighted by atomic mass is 35.5. The topological polar surface area (TPSA) is 41.1 Å². The fraction of sp³-hybridized carbons (Fsp3) is 0.500. The van der Waals surface area contributed by atoms with Crippen molar-refractivity contribution in [2.24, 2.45) is 5.92 Å². The van der Waals surface area contributed by atoms with E-state index in [1.54, 1.807) is 6.07 Å². The van der Waals surface area contributed by atoms with Crippen LogP contribution < -0.4 is 10.6 Å². The van der Waals surface area contributed by atoms with Gasteiger partial charge in [0.1, 0.15) is 0 Å². The predicted molar refractivity (Wildman–Crippen MR) is 77.1 cm³/mol. The van der Waals surface area contributed by atoms with Crippen LogP contribution in [0.2, 0.25) is 5.02 Å². The summed E-state index contributed by atoms with van der Waals surface area (Å²) in [6, 6.07) is 5.43. The first-order chi connectivity index (χ1) is 8.49. The van der Waals surface area contributed by atoms with Gasteiger partial charge < -0.3 is 10.6 Å². The second kappa shape index (κ2) is 7.39. The fourth-order valence-corrected chi connectivity index (χ4v) is 1.78. The van der Waals surface area contributed by atoms with Crippen molar-refractivity contribution in [3.05, 3.63) is 28.8 Å². The molecule has 0 fully saturated rings. The molecular weight excluding hydrogens is 248 g/mol. The molecule has 0 aliphatic rings. The van der Waals surface area contributed by atoms with Gasteiger partial charge in [0.25, 0.3) is 0 Å². The second-order valence-electron chi connectivity index (χ2n) is 4.87. The Hall–Kier alpha value is -1.06. The highest BCUT2D eigenvalue weighted by molar-refractivity contribution is 6.30. The van der Waals surface area contributed by atoms with Gasteiger partial charge in [0.2, 0.25) is 5.91 Å². The monoisotopic (exact) mass is 268 g/mol. The van der Waals surface area contributed by atoms with E-state index in [1.165, 1.54) is 0 Å². The second-order valence-corrected chi connectivity index (χ2v) is 5.30. The van der Waals surface area contributed by atoms with Crippen LogP contribution in [0.15, 0.2) is 18.2 Å². The van der Waals surface area contributed by atoms with E-state index in [2.05, 4.69) is 24.5 Å². The summed E-state index contributed by atoms with van der Waals surface area (Å²) in [4.78, 5) is 11.7. The van der Waals surface area contributed by atoms with Gasteiger partial charge in [-0.2, -0.15) is 0 Å². The van der Waals surface area contributed by atoms with Gasteiger partial charge in [-0.3, -0.25) is 4.79 Å². The summed E-state index contributed by atoms with van der Waals surface area (Å²) in [7, 11) is 0. The Morgan fingerprint density at radius 2 is 2.11 bits per heavy atom. The number of anilines is 1. The molecule has 18 heavy (non-hydrogen) atoms. The lowest BCUT2D eigenvalue weighted by molar-refractivity contribution is -0.115. The van der Waals surface area contributed by atoms with Gasteiger partial charge in [-0.15, -0.1) is 0 Å². The third-order valence-electron chi connectivity index (χ3n) is 2.65. The molecule has 1 aromatic carbocycles. The molecule has 0 bridgehead atoms. The first-order valence-corrected chi connectivity index (χ1v) is 6.63. The van der Waals surface area contributed by atoms with Gasteiger partial charge in [-0.25, -0.2) is 0 Å². The van der Waals surface area contributed by atoms with Crippen LogP contribution in [0.5, 0.6) is 0 Å². The molecule has 0 aliphatic carbocycles. The van der Waals surface area contributed by atoms with Gasteiger partial charge in [-0.05, 0) is 49.6 Å². The Balaban J connectivity index is 2.35. The number of hydrogen-bond donors (Lipinski definition) is 2. The van der Waals surface area contributed by atoms with Gasteiger partial charge in [0, 0.05) is 10.7 Å². The van der Waals surface area contributed by atoms with Gasteiger partial charge in [0.15, 0.2) is 0 Å². The molecule has 0 saturated heterocycles. The molecular formula is C14H21ClN2O. The van der Waals surface area contributed by atoms with E-state index in [4.69, 9.17) is 11.6 Å². The Morgan fingerprint density at radius 3 is 2.72 bits per heavy atom. The first-order valence-electron chi connectivity index (χ1n) is 6.25. The third kappa shape index (κ3) is 5.52. The van der Waals surface area contributed by atoms with Crippen LogP contribution in [-0.4, -0.2) is 19.0 Å². The average molecular weight is 269 g/mol. The number of rotatable bonds is 6. The molecule has 2 N–H and O–H groups in total. The van der Waals surface area contributed by atoms with Crippen molar-refractivity contribution in [1.29, 1.82) is 0 Å². The maximum atomic E-state index is 11.7. The van der Waals surface area contributed by atoms with Crippen molar-refractivity contribution < 1.29 is 4.79 Å². The molecule has 0 radical (unpaired) electrons. The highest BCUT2D eigenvalue weighted by Crippen LogP contribution is 2.19.